The fraction of sp³-hybridized carbons (Fsp3) is 0.0714. The maximum Gasteiger partial charge on any atom is 0.257 e. The van der Waals surface area contributed by atoms with Crippen LogP contribution in [0.5, 0.6) is 11.5 Å². The Kier molecular flexibility index (Phi) is 2.90. The van der Waals surface area contributed by atoms with Crippen molar-refractivity contribution >= 4 is 17.3 Å². The molecular weight excluding hydrogens is 263 g/mol. The summed E-state index contributed by atoms with van der Waals surface area (Å²) in [6.07, 6.45) is 0. The Labute approximate surface area is 114 Å². The molecule has 20 heavy (non-hydrogen) atoms. The van der Waals surface area contributed by atoms with Gasteiger partial charge in [-0.1, -0.05) is 0 Å². The predicted octanol–water partition coefficient (Wildman–Crippen LogP) is 2.39. The van der Waals surface area contributed by atoms with Gasteiger partial charge in [-0.15, -0.1) is 0 Å². The van der Waals surface area contributed by atoms with Crippen LogP contribution in [0.1, 0.15) is 10.4 Å². The number of benzene rings is 2. The Morgan fingerprint density at radius 1 is 1.15 bits per heavy atom. The summed E-state index contributed by atoms with van der Waals surface area (Å²) >= 11 is 0. The Hall–Kier alpha value is -2.76. The molecule has 2 aromatic carbocycles. The summed E-state index contributed by atoms with van der Waals surface area (Å²) in [7, 11) is 0. The molecule has 0 unspecified atom stereocenters. The first-order valence-corrected chi connectivity index (χ1v) is 5.89. The maximum absolute atomic E-state index is 12.9. The van der Waals surface area contributed by atoms with Gasteiger partial charge in [0, 0.05) is 17.4 Å². The topological polar surface area (TPSA) is 73.6 Å². The van der Waals surface area contributed by atoms with Gasteiger partial charge in [-0.25, -0.2) is 4.39 Å². The number of carbonyl (C=O) groups is 1. The maximum atomic E-state index is 12.9. The molecule has 0 spiro atoms. The molecule has 0 radical (unpaired) electrons. The minimum absolute atomic E-state index is 0.0863. The summed E-state index contributed by atoms with van der Waals surface area (Å²) < 4.78 is 23.3. The molecule has 2 aromatic rings. The number of anilines is 2. The van der Waals surface area contributed by atoms with Crippen molar-refractivity contribution in [2.45, 2.75) is 0 Å². The van der Waals surface area contributed by atoms with Gasteiger partial charge in [0.25, 0.3) is 5.91 Å². The van der Waals surface area contributed by atoms with Crippen molar-refractivity contribution in [2.24, 2.45) is 0 Å². The van der Waals surface area contributed by atoms with Crippen molar-refractivity contribution in [3.05, 3.63) is 47.8 Å². The molecule has 0 bridgehead atoms. The van der Waals surface area contributed by atoms with Crippen LogP contribution in [0.25, 0.3) is 0 Å². The van der Waals surface area contributed by atoms with Gasteiger partial charge in [0.05, 0.1) is 5.56 Å². The average Bonchev–Trinajstić information content (AvgIpc) is 2.85. The molecule has 1 amide bonds. The number of hydrogen-bond acceptors (Lipinski definition) is 4. The zero-order valence-electron chi connectivity index (χ0n) is 10.4. The van der Waals surface area contributed by atoms with Crippen molar-refractivity contribution < 1.29 is 18.7 Å². The van der Waals surface area contributed by atoms with Crippen LogP contribution in [0.15, 0.2) is 36.4 Å². The molecule has 0 atom stereocenters. The highest BCUT2D eigenvalue weighted by Crippen LogP contribution is 2.34. The fourth-order valence-electron chi connectivity index (χ4n) is 1.91. The van der Waals surface area contributed by atoms with Gasteiger partial charge in [0.15, 0.2) is 11.5 Å². The number of rotatable bonds is 2. The number of fused-ring (bicyclic) bond motifs is 1. The van der Waals surface area contributed by atoms with Gasteiger partial charge in [-0.3, -0.25) is 4.79 Å². The summed E-state index contributed by atoms with van der Waals surface area (Å²) in [6, 6.07) is 8.67. The van der Waals surface area contributed by atoms with Crippen molar-refractivity contribution in [3.8, 4) is 11.5 Å². The number of ether oxygens (including phenoxy) is 2. The van der Waals surface area contributed by atoms with Crippen LogP contribution in [-0.2, 0) is 0 Å². The van der Waals surface area contributed by atoms with Crippen molar-refractivity contribution in [2.75, 3.05) is 17.8 Å². The van der Waals surface area contributed by atoms with E-state index in [1.807, 2.05) is 0 Å². The summed E-state index contributed by atoms with van der Waals surface area (Å²) in [5, 5.41) is 2.67. The molecule has 1 heterocycles. The van der Waals surface area contributed by atoms with E-state index in [1.165, 1.54) is 12.1 Å². The highest BCUT2D eigenvalue weighted by molar-refractivity contribution is 6.07. The molecule has 0 fully saturated rings. The second kappa shape index (κ2) is 4.73. The Balaban J connectivity index is 1.82. The second-order valence-corrected chi connectivity index (χ2v) is 4.25. The van der Waals surface area contributed by atoms with Crippen LogP contribution in [0.2, 0.25) is 0 Å². The smallest absolute Gasteiger partial charge is 0.257 e. The summed E-state index contributed by atoms with van der Waals surface area (Å²) in [5.41, 5.74) is 6.46. The lowest BCUT2D eigenvalue weighted by Gasteiger charge is -2.08. The number of nitrogen functional groups attached to an aromatic ring is 1. The number of amides is 1. The van der Waals surface area contributed by atoms with Crippen LogP contribution in [0.3, 0.4) is 0 Å². The Morgan fingerprint density at radius 3 is 2.75 bits per heavy atom. The van der Waals surface area contributed by atoms with Crippen molar-refractivity contribution in [3.63, 3.8) is 0 Å². The third-order valence-electron chi connectivity index (χ3n) is 2.89. The lowest BCUT2D eigenvalue weighted by molar-refractivity contribution is 0.102. The van der Waals surface area contributed by atoms with E-state index in [2.05, 4.69) is 5.32 Å². The molecule has 5 nitrogen and oxygen atoms in total. The van der Waals surface area contributed by atoms with Crippen LogP contribution in [0.4, 0.5) is 15.8 Å². The van der Waals surface area contributed by atoms with E-state index in [0.717, 1.165) is 6.07 Å². The normalized spacial score (nSPS) is 12.2. The molecular formula is C14H11FN2O3. The molecule has 102 valence electrons. The summed E-state index contributed by atoms with van der Waals surface area (Å²) in [4.78, 5) is 12.1. The Bertz CT molecular complexity index is 688. The zero-order chi connectivity index (χ0) is 14.1. The van der Waals surface area contributed by atoms with Crippen LogP contribution in [0, 0.1) is 5.82 Å². The van der Waals surface area contributed by atoms with Gasteiger partial charge < -0.3 is 20.5 Å². The van der Waals surface area contributed by atoms with Crippen LogP contribution < -0.4 is 20.5 Å². The molecule has 6 heteroatoms. The van der Waals surface area contributed by atoms with Gasteiger partial charge >= 0.3 is 0 Å². The van der Waals surface area contributed by atoms with E-state index in [0.29, 0.717) is 17.2 Å². The monoisotopic (exact) mass is 274 g/mol. The third-order valence-corrected chi connectivity index (χ3v) is 2.89. The average molecular weight is 274 g/mol. The zero-order valence-corrected chi connectivity index (χ0v) is 10.4. The second-order valence-electron chi connectivity index (χ2n) is 4.25. The fourth-order valence-corrected chi connectivity index (χ4v) is 1.91. The molecule has 3 rings (SSSR count). The molecule has 0 aromatic heterocycles. The van der Waals surface area contributed by atoms with E-state index in [9.17, 15) is 9.18 Å². The molecule has 0 aliphatic carbocycles. The quantitative estimate of drug-likeness (QED) is 0.825. The van der Waals surface area contributed by atoms with E-state index in [-0.39, 0.29) is 18.0 Å². The lowest BCUT2D eigenvalue weighted by Crippen LogP contribution is -2.14. The number of nitrogens with one attached hydrogen (secondary N) is 1. The van der Waals surface area contributed by atoms with Gasteiger partial charge in [0.1, 0.15) is 5.82 Å². The molecule has 1 aliphatic rings. The van der Waals surface area contributed by atoms with Crippen LogP contribution >= 0.6 is 0 Å². The Morgan fingerprint density at radius 2 is 1.95 bits per heavy atom. The summed E-state index contributed by atoms with van der Waals surface area (Å²) in [6.45, 7) is 0.164. The SMILES string of the molecule is Nc1cc(F)ccc1C(=O)Nc1ccc2c(c1)OCO2. The summed E-state index contributed by atoms with van der Waals surface area (Å²) in [5.74, 6) is 0.294. The predicted molar refractivity (Wildman–Crippen MR) is 71.3 cm³/mol. The van der Waals surface area contributed by atoms with Crippen LogP contribution in [-0.4, -0.2) is 12.7 Å². The van der Waals surface area contributed by atoms with Gasteiger partial charge in [-0.05, 0) is 30.3 Å². The molecule has 3 N–H and O–H groups in total. The number of halogens is 1. The molecule has 0 saturated heterocycles. The minimum atomic E-state index is -0.484. The molecule has 0 saturated carbocycles. The van der Waals surface area contributed by atoms with E-state index < -0.39 is 11.7 Å². The van der Waals surface area contributed by atoms with Crippen molar-refractivity contribution in [1.82, 2.24) is 0 Å². The standard InChI is InChI=1S/C14H11FN2O3/c15-8-1-3-10(11(16)5-8)14(18)17-9-2-4-12-13(6-9)20-7-19-12/h1-6H,7,16H2,(H,17,18). The van der Waals surface area contributed by atoms with Gasteiger partial charge in [-0.2, -0.15) is 0 Å². The largest absolute Gasteiger partial charge is 0.454 e. The first-order chi connectivity index (χ1) is 9.63. The minimum Gasteiger partial charge on any atom is -0.454 e. The third kappa shape index (κ3) is 2.23. The highest BCUT2D eigenvalue weighted by Gasteiger charge is 2.15. The number of nitrogens with two attached hydrogens (primary N) is 1. The van der Waals surface area contributed by atoms with E-state index >= 15 is 0 Å². The highest BCUT2D eigenvalue weighted by atomic mass is 19.1. The number of carbonyl (C=O) groups excluding carboxylic acids is 1. The van der Waals surface area contributed by atoms with E-state index in [1.54, 1.807) is 18.2 Å². The van der Waals surface area contributed by atoms with Gasteiger partial charge in [0.2, 0.25) is 6.79 Å². The number of hydrogen-bond donors (Lipinski definition) is 2. The van der Waals surface area contributed by atoms with E-state index in [4.69, 9.17) is 15.2 Å². The first-order valence-electron chi connectivity index (χ1n) is 5.89. The first kappa shape index (κ1) is 12.3. The lowest BCUT2D eigenvalue weighted by atomic mass is 10.1. The van der Waals surface area contributed by atoms with Crippen molar-refractivity contribution in [1.29, 1.82) is 0 Å². The molecule has 1 aliphatic heterocycles.